The summed E-state index contributed by atoms with van der Waals surface area (Å²) in [6.07, 6.45) is 1.08. The van der Waals surface area contributed by atoms with Crippen molar-refractivity contribution in [1.82, 2.24) is 9.47 Å². The Labute approximate surface area is 122 Å². The average Bonchev–Trinajstić information content (AvgIpc) is 2.85. The van der Waals surface area contributed by atoms with Gasteiger partial charge in [-0.25, -0.2) is 0 Å². The van der Waals surface area contributed by atoms with Gasteiger partial charge in [-0.05, 0) is 24.1 Å². The molecule has 0 bridgehead atoms. The van der Waals surface area contributed by atoms with Crippen molar-refractivity contribution >= 4 is 34.0 Å². The van der Waals surface area contributed by atoms with Crippen LogP contribution >= 0.6 is 23.7 Å². The quantitative estimate of drug-likeness (QED) is 0.915. The molecule has 4 nitrogen and oxygen atoms in total. The summed E-state index contributed by atoms with van der Waals surface area (Å²) in [4.78, 5) is 14.1. The summed E-state index contributed by atoms with van der Waals surface area (Å²) in [5.41, 5.74) is 8.19. The highest BCUT2D eigenvalue weighted by molar-refractivity contribution is 7.16. The van der Waals surface area contributed by atoms with Crippen molar-refractivity contribution in [2.45, 2.75) is 19.0 Å². The standard InChI is InChI=1S/C13H17N3OS.ClH/c1-15-11-3-2-9(6-12(11)18-13(15)17)7-16-5-4-10(14)8-16;/h2-3,6,10H,4-5,7-8,14H2,1H3;1H/t10-;/m0./s1. The molecule has 1 fully saturated rings. The Morgan fingerprint density at radius 1 is 1.47 bits per heavy atom. The van der Waals surface area contributed by atoms with Crippen molar-refractivity contribution in [3.8, 4) is 0 Å². The zero-order valence-electron chi connectivity index (χ0n) is 10.8. The van der Waals surface area contributed by atoms with E-state index >= 15 is 0 Å². The second-order valence-corrected chi connectivity index (χ2v) is 6.01. The molecule has 1 aliphatic rings. The molecule has 2 aromatic rings. The SMILES string of the molecule is Cl.Cn1c(=O)sc2cc(CN3CC[C@H](N)C3)ccc21. The summed E-state index contributed by atoms with van der Waals surface area (Å²) < 4.78 is 2.78. The molecule has 0 spiro atoms. The van der Waals surface area contributed by atoms with Crippen LogP contribution in [0.3, 0.4) is 0 Å². The number of likely N-dealkylation sites (tertiary alicyclic amines) is 1. The molecule has 1 atom stereocenters. The summed E-state index contributed by atoms with van der Waals surface area (Å²) >= 11 is 1.32. The molecule has 3 rings (SSSR count). The van der Waals surface area contributed by atoms with Crippen LogP contribution in [0, 0.1) is 0 Å². The Bertz CT molecular complexity index is 636. The van der Waals surface area contributed by atoms with Crippen LogP contribution in [0.2, 0.25) is 0 Å². The highest BCUT2D eigenvalue weighted by Gasteiger charge is 2.19. The molecule has 1 saturated heterocycles. The van der Waals surface area contributed by atoms with E-state index in [2.05, 4.69) is 17.0 Å². The van der Waals surface area contributed by atoms with Crippen molar-refractivity contribution in [1.29, 1.82) is 0 Å². The van der Waals surface area contributed by atoms with Crippen molar-refractivity contribution in [3.05, 3.63) is 33.4 Å². The van der Waals surface area contributed by atoms with E-state index < -0.39 is 0 Å². The molecule has 1 aromatic heterocycles. The number of hydrogen-bond donors (Lipinski definition) is 1. The normalized spacial score (nSPS) is 19.8. The first-order valence-electron chi connectivity index (χ1n) is 6.20. The van der Waals surface area contributed by atoms with Gasteiger partial charge in [0.2, 0.25) is 0 Å². The van der Waals surface area contributed by atoms with E-state index in [0.29, 0.717) is 6.04 Å². The van der Waals surface area contributed by atoms with E-state index in [4.69, 9.17) is 5.73 Å². The maximum atomic E-state index is 11.6. The van der Waals surface area contributed by atoms with Crippen LogP contribution in [-0.4, -0.2) is 28.6 Å². The number of hydrogen-bond acceptors (Lipinski definition) is 4. The average molecular weight is 300 g/mol. The van der Waals surface area contributed by atoms with Crippen LogP contribution in [-0.2, 0) is 13.6 Å². The van der Waals surface area contributed by atoms with Crippen LogP contribution in [0.4, 0.5) is 0 Å². The van der Waals surface area contributed by atoms with E-state index in [-0.39, 0.29) is 17.3 Å². The van der Waals surface area contributed by atoms with Gasteiger partial charge in [-0.1, -0.05) is 17.4 Å². The summed E-state index contributed by atoms with van der Waals surface area (Å²) in [6.45, 7) is 2.98. The van der Waals surface area contributed by atoms with Crippen LogP contribution in [0.1, 0.15) is 12.0 Å². The second-order valence-electron chi connectivity index (χ2n) is 5.01. The fourth-order valence-electron chi connectivity index (χ4n) is 2.54. The lowest BCUT2D eigenvalue weighted by molar-refractivity contribution is 0.327. The zero-order valence-corrected chi connectivity index (χ0v) is 12.5. The van der Waals surface area contributed by atoms with Crippen LogP contribution in [0.15, 0.2) is 23.0 Å². The molecule has 1 aliphatic heterocycles. The number of benzene rings is 1. The minimum Gasteiger partial charge on any atom is -0.326 e. The number of thiazole rings is 1. The van der Waals surface area contributed by atoms with E-state index in [9.17, 15) is 4.79 Å². The lowest BCUT2D eigenvalue weighted by Crippen LogP contribution is -2.26. The number of halogens is 1. The summed E-state index contributed by atoms with van der Waals surface area (Å²) in [5.74, 6) is 0. The molecule has 19 heavy (non-hydrogen) atoms. The zero-order chi connectivity index (χ0) is 12.7. The Hall–Kier alpha value is -0.880. The molecule has 6 heteroatoms. The van der Waals surface area contributed by atoms with Crippen molar-refractivity contribution in [3.63, 3.8) is 0 Å². The second kappa shape index (κ2) is 5.63. The third kappa shape index (κ3) is 2.84. The van der Waals surface area contributed by atoms with Gasteiger partial charge in [0.25, 0.3) is 0 Å². The monoisotopic (exact) mass is 299 g/mol. The minimum absolute atomic E-state index is 0. The number of nitrogens with zero attached hydrogens (tertiary/aromatic N) is 2. The van der Waals surface area contributed by atoms with Crippen molar-refractivity contribution < 1.29 is 0 Å². The molecule has 0 aliphatic carbocycles. The number of aryl methyl sites for hydroxylation is 1. The minimum atomic E-state index is 0. The predicted molar refractivity (Wildman–Crippen MR) is 82.2 cm³/mol. The first-order chi connectivity index (χ1) is 8.63. The molecule has 0 unspecified atom stereocenters. The van der Waals surface area contributed by atoms with Gasteiger partial charge in [0, 0.05) is 32.7 Å². The van der Waals surface area contributed by atoms with Crippen LogP contribution < -0.4 is 10.6 Å². The van der Waals surface area contributed by atoms with Crippen molar-refractivity contribution in [2.75, 3.05) is 13.1 Å². The van der Waals surface area contributed by atoms with Gasteiger partial charge in [-0.2, -0.15) is 0 Å². The molecule has 2 N–H and O–H groups in total. The van der Waals surface area contributed by atoms with Crippen molar-refractivity contribution in [2.24, 2.45) is 12.8 Å². The van der Waals surface area contributed by atoms with Gasteiger partial charge >= 0.3 is 4.87 Å². The molecule has 1 aromatic carbocycles. The number of fused-ring (bicyclic) bond motifs is 1. The van der Waals surface area contributed by atoms with Gasteiger partial charge in [0.1, 0.15) is 0 Å². The van der Waals surface area contributed by atoms with Crippen LogP contribution in [0.5, 0.6) is 0 Å². The maximum Gasteiger partial charge on any atom is 0.307 e. The third-order valence-electron chi connectivity index (χ3n) is 3.57. The molecule has 0 radical (unpaired) electrons. The first kappa shape index (κ1) is 14.5. The largest absolute Gasteiger partial charge is 0.326 e. The molecular weight excluding hydrogens is 282 g/mol. The lowest BCUT2D eigenvalue weighted by Gasteiger charge is -2.15. The van der Waals surface area contributed by atoms with E-state index in [1.165, 1.54) is 16.9 Å². The van der Waals surface area contributed by atoms with Gasteiger partial charge in [0.05, 0.1) is 10.2 Å². The van der Waals surface area contributed by atoms with Gasteiger partial charge in [0.15, 0.2) is 0 Å². The van der Waals surface area contributed by atoms with E-state index in [1.54, 1.807) is 4.57 Å². The Morgan fingerprint density at radius 3 is 2.95 bits per heavy atom. The summed E-state index contributed by atoms with van der Waals surface area (Å²) in [6, 6.07) is 6.60. The number of aromatic nitrogens is 1. The van der Waals surface area contributed by atoms with E-state index in [1.807, 2.05) is 13.1 Å². The van der Waals surface area contributed by atoms with Crippen LogP contribution in [0.25, 0.3) is 10.2 Å². The fourth-order valence-corrected chi connectivity index (χ4v) is 3.48. The summed E-state index contributed by atoms with van der Waals surface area (Å²) in [5, 5.41) is 0. The van der Waals surface area contributed by atoms with Gasteiger partial charge in [-0.3, -0.25) is 9.69 Å². The lowest BCUT2D eigenvalue weighted by atomic mass is 10.2. The Balaban J connectivity index is 0.00000133. The fraction of sp³-hybridized carbons (Fsp3) is 0.462. The van der Waals surface area contributed by atoms with Gasteiger partial charge in [-0.15, -0.1) is 12.4 Å². The Kier molecular flexibility index (Phi) is 4.30. The third-order valence-corrected chi connectivity index (χ3v) is 4.57. The first-order valence-corrected chi connectivity index (χ1v) is 7.01. The number of rotatable bonds is 2. The number of nitrogens with two attached hydrogens (primary N) is 1. The Morgan fingerprint density at radius 2 is 2.26 bits per heavy atom. The van der Waals surface area contributed by atoms with Gasteiger partial charge < -0.3 is 10.3 Å². The predicted octanol–water partition coefficient (Wildman–Crippen LogP) is 1.55. The molecule has 2 heterocycles. The smallest absolute Gasteiger partial charge is 0.307 e. The topological polar surface area (TPSA) is 51.3 Å². The molecule has 104 valence electrons. The van der Waals surface area contributed by atoms with E-state index in [0.717, 1.165) is 36.3 Å². The molecule has 0 saturated carbocycles. The molecular formula is C13H18ClN3OS. The highest BCUT2D eigenvalue weighted by Crippen LogP contribution is 2.20. The highest BCUT2D eigenvalue weighted by atomic mass is 35.5. The summed E-state index contributed by atoms with van der Waals surface area (Å²) in [7, 11) is 1.82. The maximum absolute atomic E-state index is 11.6. The molecule has 0 amide bonds.